The van der Waals surface area contributed by atoms with Crippen molar-refractivity contribution in [1.29, 1.82) is 0 Å². The van der Waals surface area contributed by atoms with E-state index in [1.165, 1.54) is 7.11 Å². The molecule has 1 aromatic carbocycles. The van der Waals surface area contributed by atoms with Gasteiger partial charge in [0, 0.05) is 7.77 Å². The van der Waals surface area contributed by atoms with Crippen molar-refractivity contribution in [1.82, 2.24) is 0 Å². The number of hydrogen-bond donors (Lipinski definition) is 0. The molecule has 0 radical (unpaired) electrons. The minimum atomic E-state index is -0.971. The van der Waals surface area contributed by atoms with Crippen LogP contribution in [0.25, 0.3) is 0 Å². The Hall–Kier alpha value is -2.74. The second kappa shape index (κ2) is 6.77. The van der Waals surface area contributed by atoms with Gasteiger partial charge >= 0.3 is 11.9 Å². The average molecular weight is 374 g/mol. The van der Waals surface area contributed by atoms with E-state index in [0.717, 1.165) is 4.90 Å². The Bertz CT molecular complexity index is 829. The van der Waals surface area contributed by atoms with Gasteiger partial charge in [-0.25, -0.2) is 4.90 Å². The number of rotatable bonds is 5. The quantitative estimate of drug-likeness (QED) is 0.556. The molecule has 0 aliphatic carbocycles. The molecule has 0 saturated carbocycles. The zero-order valence-electron chi connectivity index (χ0n) is 15.6. The number of para-hydroxylation sites is 1. The number of methoxy groups -OCH3 is 1. The Morgan fingerprint density at radius 3 is 2.52 bits per heavy atom. The van der Waals surface area contributed by atoms with Gasteiger partial charge in [-0.05, 0) is 12.1 Å². The van der Waals surface area contributed by atoms with Gasteiger partial charge in [0.15, 0.2) is 0 Å². The number of nitrogens with zero attached hydrogens (tertiary/aromatic N) is 1. The highest BCUT2D eigenvalue weighted by Gasteiger charge is 2.66. The van der Waals surface area contributed by atoms with E-state index in [1.807, 2.05) is 0 Å². The second-order valence-corrected chi connectivity index (χ2v) is 6.69. The normalized spacial score (nSPS) is 34.4. The molecule has 8 heteroatoms. The minimum Gasteiger partial charge on any atom is -0.469 e. The zero-order chi connectivity index (χ0) is 20.0. The number of ether oxygens (including phenoxy) is 3. The Morgan fingerprint density at radius 1 is 1.15 bits per heavy atom. The molecule has 2 bridgehead atoms. The van der Waals surface area contributed by atoms with Crippen molar-refractivity contribution in [3.63, 3.8) is 0 Å². The SMILES string of the molecule is [2H]C1C(OC(=O)CCC(=O)OC)C2OC1C1C(=O)N(c3ccccc3)C(=O)C21. The first-order valence-corrected chi connectivity index (χ1v) is 8.71. The zero-order valence-corrected chi connectivity index (χ0v) is 14.6. The summed E-state index contributed by atoms with van der Waals surface area (Å²) in [5, 5.41) is 0. The molecule has 8 nitrogen and oxygen atoms in total. The van der Waals surface area contributed by atoms with E-state index in [-0.39, 0.29) is 18.7 Å². The van der Waals surface area contributed by atoms with Crippen LogP contribution in [-0.4, -0.2) is 49.2 Å². The highest BCUT2D eigenvalue weighted by molar-refractivity contribution is 6.22. The summed E-state index contributed by atoms with van der Waals surface area (Å²) in [6.45, 7) is 0. The summed E-state index contributed by atoms with van der Waals surface area (Å²) in [7, 11) is 1.22. The number of carbonyl (C=O) groups is 4. The predicted octanol–water partition coefficient (Wildman–Crippen LogP) is 0.828. The Balaban J connectivity index is 1.50. The summed E-state index contributed by atoms with van der Waals surface area (Å²) in [5.41, 5.74) is 0.472. The van der Waals surface area contributed by atoms with Crippen molar-refractivity contribution in [2.45, 2.75) is 37.6 Å². The van der Waals surface area contributed by atoms with E-state index < -0.39 is 54.4 Å². The van der Waals surface area contributed by atoms with Crippen LogP contribution in [-0.2, 0) is 33.4 Å². The van der Waals surface area contributed by atoms with E-state index in [2.05, 4.69) is 4.74 Å². The molecule has 4 rings (SSSR count). The highest BCUT2D eigenvalue weighted by atomic mass is 16.6. The number of hydrogen-bond acceptors (Lipinski definition) is 7. The maximum absolute atomic E-state index is 12.9. The first-order chi connectivity index (χ1) is 13.4. The molecule has 27 heavy (non-hydrogen) atoms. The van der Waals surface area contributed by atoms with Crippen LogP contribution < -0.4 is 4.90 Å². The molecule has 3 fully saturated rings. The fourth-order valence-corrected chi connectivity index (χ4v) is 3.95. The molecule has 3 aliphatic rings. The number of anilines is 1. The fourth-order valence-electron chi connectivity index (χ4n) is 3.95. The van der Waals surface area contributed by atoms with Gasteiger partial charge in [0.25, 0.3) is 0 Å². The molecule has 3 saturated heterocycles. The first kappa shape index (κ1) is 16.4. The molecular formula is C19H19NO7. The van der Waals surface area contributed by atoms with E-state index in [0.29, 0.717) is 5.69 Å². The third-order valence-electron chi connectivity index (χ3n) is 5.17. The Morgan fingerprint density at radius 2 is 1.81 bits per heavy atom. The lowest BCUT2D eigenvalue weighted by Gasteiger charge is -2.25. The van der Waals surface area contributed by atoms with Gasteiger partial charge in [-0.3, -0.25) is 19.2 Å². The highest BCUT2D eigenvalue weighted by Crippen LogP contribution is 2.50. The van der Waals surface area contributed by atoms with E-state index in [1.54, 1.807) is 30.3 Å². The van der Waals surface area contributed by atoms with E-state index in [9.17, 15) is 19.2 Å². The van der Waals surface area contributed by atoms with Crippen molar-refractivity contribution in [2.24, 2.45) is 11.8 Å². The van der Waals surface area contributed by atoms with Crippen LogP contribution >= 0.6 is 0 Å². The number of benzene rings is 1. The third kappa shape index (κ3) is 2.90. The van der Waals surface area contributed by atoms with Crippen molar-refractivity contribution in [2.75, 3.05) is 12.0 Å². The Labute approximate surface area is 156 Å². The van der Waals surface area contributed by atoms with Gasteiger partial charge in [0.05, 0.1) is 43.6 Å². The third-order valence-corrected chi connectivity index (χ3v) is 5.17. The lowest BCUT2D eigenvalue weighted by molar-refractivity contribution is -0.156. The van der Waals surface area contributed by atoms with Gasteiger partial charge in [-0.15, -0.1) is 0 Å². The number of carbonyl (C=O) groups excluding carboxylic acids is 4. The van der Waals surface area contributed by atoms with Crippen molar-refractivity contribution in [3.8, 4) is 0 Å². The van der Waals surface area contributed by atoms with Crippen molar-refractivity contribution in [3.05, 3.63) is 30.3 Å². The van der Waals surface area contributed by atoms with Gasteiger partial charge in [-0.1, -0.05) is 18.2 Å². The molecule has 0 aromatic heterocycles. The smallest absolute Gasteiger partial charge is 0.306 e. The maximum atomic E-state index is 12.9. The number of imide groups is 1. The topological polar surface area (TPSA) is 99.2 Å². The predicted molar refractivity (Wildman–Crippen MR) is 90.3 cm³/mol. The largest absolute Gasteiger partial charge is 0.469 e. The van der Waals surface area contributed by atoms with Gasteiger partial charge < -0.3 is 14.2 Å². The van der Waals surface area contributed by atoms with Crippen LogP contribution in [0.3, 0.4) is 0 Å². The van der Waals surface area contributed by atoms with Gasteiger partial charge in [-0.2, -0.15) is 0 Å². The van der Waals surface area contributed by atoms with Gasteiger partial charge in [0.2, 0.25) is 11.8 Å². The summed E-state index contributed by atoms with van der Waals surface area (Å²) in [5.74, 6) is -3.53. The molecule has 6 atom stereocenters. The minimum absolute atomic E-state index is 0.134. The van der Waals surface area contributed by atoms with Crippen LogP contribution in [0.2, 0.25) is 0 Å². The fraction of sp³-hybridized carbons (Fsp3) is 0.474. The molecule has 6 unspecified atom stereocenters. The van der Waals surface area contributed by atoms with Crippen molar-refractivity contribution < 1.29 is 34.8 Å². The van der Waals surface area contributed by atoms with E-state index >= 15 is 0 Å². The molecule has 3 heterocycles. The second-order valence-electron chi connectivity index (χ2n) is 6.69. The maximum Gasteiger partial charge on any atom is 0.306 e. The molecule has 3 aliphatic heterocycles. The summed E-state index contributed by atoms with van der Waals surface area (Å²) in [6, 6.07) is 8.58. The van der Waals surface area contributed by atoms with Crippen LogP contribution in [0.1, 0.15) is 20.6 Å². The van der Waals surface area contributed by atoms with Crippen LogP contribution in [0.5, 0.6) is 0 Å². The summed E-state index contributed by atoms with van der Waals surface area (Å²) >= 11 is 0. The molecule has 142 valence electrons. The number of amides is 2. The average Bonchev–Trinajstić information content (AvgIpc) is 3.31. The summed E-state index contributed by atoms with van der Waals surface area (Å²) in [6.07, 6.45) is -3.90. The summed E-state index contributed by atoms with van der Waals surface area (Å²) < 4.78 is 23.9. The number of fused-ring (bicyclic) bond motifs is 5. The lowest BCUT2D eigenvalue weighted by Crippen LogP contribution is -2.41. The van der Waals surface area contributed by atoms with Crippen LogP contribution in [0.15, 0.2) is 30.3 Å². The van der Waals surface area contributed by atoms with E-state index in [4.69, 9.17) is 10.8 Å². The first-order valence-electron chi connectivity index (χ1n) is 9.28. The van der Waals surface area contributed by atoms with Crippen molar-refractivity contribution >= 4 is 29.4 Å². The van der Waals surface area contributed by atoms with Gasteiger partial charge in [0.1, 0.15) is 12.2 Å². The van der Waals surface area contributed by atoms with Crippen LogP contribution in [0, 0.1) is 11.8 Å². The Kier molecular flexibility index (Phi) is 4.12. The molecule has 1 aromatic rings. The molecular weight excluding hydrogens is 354 g/mol. The number of esters is 2. The van der Waals surface area contributed by atoms with Crippen LogP contribution in [0.4, 0.5) is 5.69 Å². The lowest BCUT2D eigenvalue weighted by atomic mass is 9.79. The molecule has 0 N–H and O–H groups in total. The molecule has 0 spiro atoms. The molecule has 2 amide bonds. The standard InChI is InChI=1S/C19H19NO7/c1-25-13(21)7-8-14(22)26-12-9-11-15-16(17(12)27-11)19(24)20(18(15)23)10-5-3-2-4-6-10/h2-6,11-12,15-17H,7-9H2,1H3/i9D. The monoisotopic (exact) mass is 374 g/mol. The summed E-state index contributed by atoms with van der Waals surface area (Å²) in [4.78, 5) is 50.1.